The fourth-order valence-electron chi connectivity index (χ4n) is 3.67. The van der Waals surface area contributed by atoms with Crippen LogP contribution < -0.4 is 15.4 Å². The molecule has 0 radical (unpaired) electrons. The molecule has 3 N–H and O–H groups in total. The summed E-state index contributed by atoms with van der Waals surface area (Å²) in [6, 6.07) is 13.3. The lowest BCUT2D eigenvalue weighted by molar-refractivity contribution is 0.0607. The van der Waals surface area contributed by atoms with Gasteiger partial charge in [-0.1, -0.05) is 23.2 Å². The first-order valence-corrected chi connectivity index (χ1v) is 11.3. The summed E-state index contributed by atoms with van der Waals surface area (Å²) < 4.78 is 5.83. The van der Waals surface area contributed by atoms with Gasteiger partial charge < -0.3 is 25.4 Å². The zero-order valence-electron chi connectivity index (χ0n) is 17.6. The minimum absolute atomic E-state index is 0.175. The molecule has 166 valence electrons. The first kappa shape index (κ1) is 23.5. The maximum absolute atomic E-state index is 10.5. The molecule has 1 unspecified atom stereocenters. The van der Waals surface area contributed by atoms with Gasteiger partial charge in [0.1, 0.15) is 18.5 Å². The number of nitrogens with one attached hydrogen (secondary N) is 2. The second kappa shape index (κ2) is 11.4. The number of anilines is 2. The molecule has 31 heavy (non-hydrogen) atoms. The molecule has 6 nitrogen and oxygen atoms in total. The van der Waals surface area contributed by atoms with E-state index in [1.54, 1.807) is 18.2 Å². The van der Waals surface area contributed by atoms with Gasteiger partial charge in [-0.15, -0.1) is 0 Å². The fourth-order valence-corrected chi connectivity index (χ4v) is 3.96. The third kappa shape index (κ3) is 6.91. The largest absolute Gasteiger partial charge is 0.489 e. The van der Waals surface area contributed by atoms with Crippen molar-refractivity contribution < 1.29 is 9.84 Å². The minimum atomic E-state index is -0.611. The second-order valence-electron chi connectivity index (χ2n) is 7.67. The maximum Gasteiger partial charge on any atom is 0.143 e. The van der Waals surface area contributed by atoms with Gasteiger partial charge in [0.25, 0.3) is 0 Å². The van der Waals surface area contributed by atoms with Crippen LogP contribution in [-0.4, -0.2) is 54.9 Å². The lowest BCUT2D eigenvalue weighted by atomic mass is 10.0. The second-order valence-corrected chi connectivity index (χ2v) is 8.48. The Labute approximate surface area is 193 Å². The lowest BCUT2D eigenvalue weighted by Crippen LogP contribution is -2.43. The molecular formula is C23H28Cl2N4O2. The van der Waals surface area contributed by atoms with Crippen molar-refractivity contribution in [1.82, 2.24) is 4.90 Å². The Morgan fingerprint density at radius 2 is 1.97 bits per heavy atom. The number of halogens is 2. The van der Waals surface area contributed by atoms with Crippen molar-refractivity contribution in [3.05, 3.63) is 52.0 Å². The van der Waals surface area contributed by atoms with E-state index in [1.165, 1.54) is 0 Å². The Bertz CT molecular complexity index is 911. The highest BCUT2D eigenvalue weighted by Crippen LogP contribution is 2.27. The smallest absolute Gasteiger partial charge is 0.143 e. The molecule has 1 saturated heterocycles. The van der Waals surface area contributed by atoms with Crippen LogP contribution in [0.15, 0.2) is 36.4 Å². The van der Waals surface area contributed by atoms with Crippen LogP contribution in [0.5, 0.6) is 5.75 Å². The predicted molar refractivity (Wildman–Crippen MR) is 126 cm³/mol. The summed E-state index contributed by atoms with van der Waals surface area (Å²) in [7, 11) is 0. The molecule has 0 bridgehead atoms. The van der Waals surface area contributed by atoms with Crippen molar-refractivity contribution >= 4 is 34.6 Å². The van der Waals surface area contributed by atoms with Gasteiger partial charge in [-0.25, -0.2) is 0 Å². The summed E-state index contributed by atoms with van der Waals surface area (Å²) in [6.07, 6.45) is 1.34. The van der Waals surface area contributed by atoms with E-state index in [2.05, 4.69) is 21.6 Å². The van der Waals surface area contributed by atoms with Gasteiger partial charge in [-0.3, -0.25) is 0 Å². The Morgan fingerprint density at radius 1 is 1.19 bits per heavy atom. The number of benzene rings is 2. The summed E-state index contributed by atoms with van der Waals surface area (Å²) in [5.74, 6) is 0.587. The number of likely N-dealkylation sites (tertiary alicyclic amines) is 1. The van der Waals surface area contributed by atoms with Crippen LogP contribution in [-0.2, 0) is 0 Å². The molecule has 1 aliphatic heterocycles. The molecule has 8 heteroatoms. The number of aliphatic hydroxyl groups excluding tert-OH is 1. The molecular weight excluding hydrogens is 435 g/mol. The van der Waals surface area contributed by atoms with E-state index in [9.17, 15) is 5.11 Å². The Kier molecular flexibility index (Phi) is 8.68. The van der Waals surface area contributed by atoms with Gasteiger partial charge in [0, 0.05) is 44.0 Å². The number of aliphatic hydroxyl groups is 1. The lowest BCUT2D eigenvalue weighted by Gasteiger charge is -2.34. The van der Waals surface area contributed by atoms with E-state index in [-0.39, 0.29) is 6.61 Å². The summed E-state index contributed by atoms with van der Waals surface area (Å²) >= 11 is 12.1. The van der Waals surface area contributed by atoms with Gasteiger partial charge in [-0.05, 0) is 50.1 Å². The maximum atomic E-state index is 10.5. The monoisotopic (exact) mass is 462 g/mol. The summed E-state index contributed by atoms with van der Waals surface area (Å²) in [4.78, 5) is 2.25. The van der Waals surface area contributed by atoms with Crippen LogP contribution in [0, 0.1) is 11.3 Å². The van der Waals surface area contributed by atoms with Gasteiger partial charge in [-0.2, -0.15) is 5.26 Å². The van der Waals surface area contributed by atoms with Crippen LogP contribution in [0.25, 0.3) is 0 Å². The number of piperidine rings is 1. The first-order chi connectivity index (χ1) is 15.0. The standard InChI is InChI=1S/C23H28Cl2N4O2/c1-2-27-22-6-3-16(13-26)11-23(22)31-15-19(30)14-29-9-7-17(8-10-29)28-18-4-5-20(24)21(25)12-18/h3-6,11-12,17,19,27-28,30H,2,7-10,14-15H2,1H3. The van der Waals surface area contributed by atoms with E-state index < -0.39 is 6.10 Å². The van der Waals surface area contributed by atoms with E-state index >= 15 is 0 Å². The van der Waals surface area contributed by atoms with E-state index in [0.717, 1.165) is 43.9 Å². The van der Waals surface area contributed by atoms with Crippen LogP contribution in [0.1, 0.15) is 25.3 Å². The first-order valence-electron chi connectivity index (χ1n) is 10.5. The molecule has 0 aliphatic carbocycles. The predicted octanol–water partition coefficient (Wildman–Crippen LogP) is 4.61. The van der Waals surface area contributed by atoms with Gasteiger partial charge in [0.05, 0.1) is 27.4 Å². The van der Waals surface area contributed by atoms with Crippen molar-refractivity contribution in [3.8, 4) is 11.8 Å². The highest BCUT2D eigenvalue weighted by molar-refractivity contribution is 6.42. The Balaban J connectivity index is 1.44. The van der Waals surface area contributed by atoms with Crippen LogP contribution in [0.3, 0.4) is 0 Å². The number of nitriles is 1. The molecule has 0 aromatic heterocycles. The molecule has 0 amide bonds. The molecule has 0 saturated carbocycles. The zero-order chi connectivity index (χ0) is 22.2. The average molecular weight is 463 g/mol. The fraction of sp³-hybridized carbons (Fsp3) is 0.435. The van der Waals surface area contributed by atoms with Crippen LogP contribution in [0.4, 0.5) is 11.4 Å². The van der Waals surface area contributed by atoms with E-state index in [4.69, 9.17) is 33.2 Å². The van der Waals surface area contributed by atoms with Crippen molar-refractivity contribution in [2.24, 2.45) is 0 Å². The third-order valence-corrected chi connectivity index (χ3v) is 6.00. The van der Waals surface area contributed by atoms with Gasteiger partial charge in [0.2, 0.25) is 0 Å². The molecule has 2 aromatic carbocycles. The normalized spacial score (nSPS) is 15.8. The molecule has 0 spiro atoms. The number of β-amino-alcohol motifs (C(OH)–C–C–N with tert-alkyl or cyclic N) is 1. The third-order valence-electron chi connectivity index (χ3n) is 5.26. The number of rotatable bonds is 9. The molecule has 1 heterocycles. The van der Waals surface area contributed by atoms with Crippen molar-refractivity contribution in [2.45, 2.75) is 31.9 Å². The number of hydrogen-bond acceptors (Lipinski definition) is 6. The van der Waals surface area contributed by atoms with Crippen molar-refractivity contribution in [3.63, 3.8) is 0 Å². The van der Waals surface area contributed by atoms with Crippen molar-refractivity contribution in [2.75, 3.05) is 43.4 Å². The molecule has 1 fully saturated rings. The Hall–Kier alpha value is -2.17. The quantitative estimate of drug-likeness (QED) is 0.504. The highest BCUT2D eigenvalue weighted by atomic mass is 35.5. The Morgan fingerprint density at radius 3 is 2.65 bits per heavy atom. The van der Waals surface area contributed by atoms with Crippen LogP contribution in [0.2, 0.25) is 10.0 Å². The number of nitrogens with zero attached hydrogens (tertiary/aromatic N) is 2. The average Bonchev–Trinajstić information content (AvgIpc) is 2.77. The van der Waals surface area contributed by atoms with Crippen molar-refractivity contribution in [1.29, 1.82) is 5.26 Å². The topological polar surface area (TPSA) is 80.5 Å². The summed E-state index contributed by atoms with van der Waals surface area (Å²) in [5.41, 5.74) is 2.32. The molecule has 2 aromatic rings. The van der Waals surface area contributed by atoms with E-state index in [0.29, 0.717) is 33.9 Å². The van der Waals surface area contributed by atoms with Gasteiger partial charge in [0.15, 0.2) is 0 Å². The molecule has 1 atom stereocenters. The minimum Gasteiger partial charge on any atom is -0.489 e. The zero-order valence-corrected chi connectivity index (χ0v) is 19.1. The van der Waals surface area contributed by atoms with Crippen LogP contribution >= 0.6 is 23.2 Å². The van der Waals surface area contributed by atoms with Gasteiger partial charge >= 0.3 is 0 Å². The number of ether oxygens (including phenoxy) is 1. The molecule has 3 rings (SSSR count). The summed E-state index contributed by atoms with van der Waals surface area (Å²) in [5, 5.41) is 27.4. The van der Waals surface area contributed by atoms with E-state index in [1.807, 2.05) is 25.1 Å². The number of hydrogen-bond donors (Lipinski definition) is 3. The highest BCUT2D eigenvalue weighted by Gasteiger charge is 2.21. The summed E-state index contributed by atoms with van der Waals surface area (Å²) in [6.45, 7) is 5.25. The molecule has 1 aliphatic rings. The SMILES string of the molecule is CCNc1ccc(C#N)cc1OCC(O)CN1CCC(Nc2ccc(Cl)c(Cl)c2)CC1.